The molecule has 1 spiro atoms. The van der Waals surface area contributed by atoms with Crippen molar-refractivity contribution in [1.29, 1.82) is 0 Å². The van der Waals surface area contributed by atoms with Crippen LogP contribution in [0.15, 0.2) is 11.6 Å². The summed E-state index contributed by atoms with van der Waals surface area (Å²) in [6.07, 6.45) is 2.37. The number of hydrogen-bond acceptors (Lipinski definition) is 6. The predicted molar refractivity (Wildman–Crippen MR) is 64.8 cm³/mol. The van der Waals surface area contributed by atoms with E-state index in [9.17, 15) is 8.42 Å². The highest BCUT2D eigenvalue weighted by Gasteiger charge is 2.51. The first kappa shape index (κ1) is 11.6. The van der Waals surface area contributed by atoms with Gasteiger partial charge >= 0.3 is 0 Å². The molecule has 0 saturated carbocycles. The Morgan fingerprint density at radius 1 is 1.59 bits per heavy atom. The zero-order valence-electron chi connectivity index (χ0n) is 9.26. The van der Waals surface area contributed by atoms with Crippen LogP contribution in [-0.2, 0) is 14.6 Å². The van der Waals surface area contributed by atoms with Crippen molar-refractivity contribution in [1.82, 2.24) is 9.69 Å². The Morgan fingerprint density at radius 3 is 3.12 bits per heavy atom. The van der Waals surface area contributed by atoms with Crippen LogP contribution in [0.1, 0.15) is 18.0 Å². The first-order chi connectivity index (χ1) is 8.11. The zero-order valence-corrected chi connectivity index (χ0v) is 10.9. The van der Waals surface area contributed by atoms with Gasteiger partial charge in [-0.3, -0.25) is 0 Å². The average Bonchev–Trinajstić information content (AvgIpc) is 2.88. The van der Waals surface area contributed by atoms with E-state index < -0.39 is 15.4 Å². The Hall–Kier alpha value is -0.500. The van der Waals surface area contributed by atoms with Crippen molar-refractivity contribution in [2.75, 3.05) is 24.7 Å². The van der Waals surface area contributed by atoms with Gasteiger partial charge in [-0.15, -0.1) is 0 Å². The third-order valence-corrected chi connectivity index (χ3v) is 5.81. The number of rotatable bonds is 1. The lowest BCUT2D eigenvalue weighted by Crippen LogP contribution is -2.53. The quantitative estimate of drug-likeness (QED) is 0.801. The van der Waals surface area contributed by atoms with Crippen molar-refractivity contribution in [3.05, 3.63) is 17.1 Å². The lowest BCUT2D eigenvalue weighted by Gasteiger charge is -2.40. The second kappa shape index (κ2) is 4.01. The Labute approximate surface area is 104 Å². The van der Waals surface area contributed by atoms with E-state index in [0.717, 1.165) is 12.1 Å². The Bertz CT molecular complexity index is 500. The van der Waals surface area contributed by atoms with E-state index in [0.29, 0.717) is 13.0 Å². The maximum atomic E-state index is 11.7. The predicted octanol–water partition coefficient (Wildman–Crippen LogP) is 0.361. The summed E-state index contributed by atoms with van der Waals surface area (Å²) in [7, 11) is -2.96. The van der Waals surface area contributed by atoms with Crippen LogP contribution < -0.4 is 5.32 Å². The van der Waals surface area contributed by atoms with Crippen LogP contribution in [0.5, 0.6) is 0 Å². The maximum Gasteiger partial charge on any atom is 0.153 e. The minimum Gasteiger partial charge on any atom is -0.371 e. The minimum atomic E-state index is -2.96. The largest absolute Gasteiger partial charge is 0.371 e. The number of morpholine rings is 1. The molecule has 5 nitrogen and oxygen atoms in total. The summed E-state index contributed by atoms with van der Waals surface area (Å²) in [5, 5.41) is 5.33. The minimum absolute atomic E-state index is 0.0488. The summed E-state index contributed by atoms with van der Waals surface area (Å²) >= 11 is 1.38. The Balaban J connectivity index is 1.96. The first-order valence-corrected chi connectivity index (χ1v) is 8.24. The molecule has 3 rings (SSSR count). The molecule has 94 valence electrons. The van der Waals surface area contributed by atoms with Crippen LogP contribution in [0.4, 0.5) is 0 Å². The van der Waals surface area contributed by atoms with Crippen molar-refractivity contribution < 1.29 is 13.2 Å². The number of nitrogens with zero attached hydrogens (tertiary/aromatic N) is 1. The zero-order chi connectivity index (χ0) is 11.9. The Kier molecular flexibility index (Phi) is 2.73. The first-order valence-electron chi connectivity index (χ1n) is 5.58. The van der Waals surface area contributed by atoms with Gasteiger partial charge < -0.3 is 10.1 Å². The summed E-state index contributed by atoms with van der Waals surface area (Å²) in [6.45, 7) is 1.33. The summed E-state index contributed by atoms with van der Waals surface area (Å²) in [5.74, 6) is 0.344. The fourth-order valence-corrected chi connectivity index (χ4v) is 5.19. The van der Waals surface area contributed by atoms with Gasteiger partial charge in [-0.25, -0.2) is 12.8 Å². The number of sulfone groups is 1. The molecule has 0 aromatic carbocycles. The second-order valence-electron chi connectivity index (χ2n) is 4.60. The highest BCUT2D eigenvalue weighted by molar-refractivity contribution is 7.91. The van der Waals surface area contributed by atoms with Crippen LogP contribution in [-0.4, -0.2) is 43.0 Å². The summed E-state index contributed by atoms with van der Waals surface area (Å²) < 4.78 is 33.3. The molecule has 0 amide bonds. The molecule has 17 heavy (non-hydrogen) atoms. The highest BCUT2D eigenvalue weighted by Crippen LogP contribution is 2.40. The van der Waals surface area contributed by atoms with Gasteiger partial charge in [0.15, 0.2) is 9.84 Å². The average molecular weight is 274 g/mol. The molecule has 7 heteroatoms. The van der Waals surface area contributed by atoms with Gasteiger partial charge in [-0.05, 0) is 18.0 Å². The van der Waals surface area contributed by atoms with Crippen molar-refractivity contribution in [2.24, 2.45) is 0 Å². The van der Waals surface area contributed by atoms with E-state index in [1.165, 1.54) is 11.5 Å². The normalized spacial score (nSPS) is 36.4. The third kappa shape index (κ3) is 2.01. The second-order valence-corrected chi connectivity index (χ2v) is 7.44. The van der Waals surface area contributed by atoms with Crippen molar-refractivity contribution >= 4 is 21.4 Å². The van der Waals surface area contributed by atoms with E-state index in [1.54, 1.807) is 6.20 Å². The highest BCUT2D eigenvalue weighted by atomic mass is 32.2. The molecular formula is C10H14N2O3S2. The molecule has 0 radical (unpaired) electrons. The number of aromatic nitrogens is 1. The summed E-state index contributed by atoms with van der Waals surface area (Å²) in [5.41, 5.74) is 0.451. The molecule has 2 atom stereocenters. The lowest BCUT2D eigenvalue weighted by molar-refractivity contribution is -0.0798. The molecular weight excluding hydrogens is 260 g/mol. The van der Waals surface area contributed by atoms with E-state index in [-0.39, 0.29) is 17.5 Å². The molecule has 0 bridgehead atoms. The standard InChI is InChI=1S/C10H14N2O3S2/c13-17(14)4-1-10(7-17)9(11-2-3-15-10)8-5-12-16-6-8/h5-6,9,11H,1-4,7H2. The monoisotopic (exact) mass is 274 g/mol. The van der Waals surface area contributed by atoms with Gasteiger partial charge in [0, 0.05) is 23.7 Å². The summed E-state index contributed by atoms with van der Waals surface area (Å²) in [6, 6.07) is -0.0488. The lowest BCUT2D eigenvalue weighted by atomic mass is 9.88. The molecule has 1 aromatic rings. The van der Waals surface area contributed by atoms with Gasteiger partial charge in [-0.2, -0.15) is 0 Å². The molecule has 2 aliphatic heterocycles. The molecule has 2 saturated heterocycles. The molecule has 0 aliphatic carbocycles. The molecule has 1 aromatic heterocycles. The number of hydrogen-bond donors (Lipinski definition) is 1. The van der Waals surface area contributed by atoms with E-state index in [2.05, 4.69) is 9.69 Å². The van der Waals surface area contributed by atoms with Crippen LogP contribution in [0.2, 0.25) is 0 Å². The van der Waals surface area contributed by atoms with Crippen LogP contribution in [0.25, 0.3) is 0 Å². The van der Waals surface area contributed by atoms with Crippen LogP contribution in [0.3, 0.4) is 0 Å². The Morgan fingerprint density at radius 2 is 2.47 bits per heavy atom. The summed E-state index contributed by atoms with van der Waals surface area (Å²) in [4.78, 5) is 0. The van der Waals surface area contributed by atoms with Gasteiger partial charge in [0.25, 0.3) is 0 Å². The molecule has 1 N–H and O–H groups in total. The van der Waals surface area contributed by atoms with Crippen LogP contribution >= 0.6 is 11.5 Å². The topological polar surface area (TPSA) is 68.3 Å². The van der Waals surface area contributed by atoms with Crippen molar-refractivity contribution in [3.63, 3.8) is 0 Å². The molecule has 2 aliphatic rings. The van der Waals surface area contributed by atoms with Gasteiger partial charge in [0.2, 0.25) is 0 Å². The number of ether oxygens (including phenoxy) is 1. The third-order valence-electron chi connectivity index (χ3n) is 3.45. The SMILES string of the molecule is O=S1(=O)CCC2(C1)OCCNC2c1cnsc1. The van der Waals surface area contributed by atoms with Gasteiger partial charge in [-0.1, -0.05) is 0 Å². The van der Waals surface area contributed by atoms with E-state index >= 15 is 0 Å². The maximum absolute atomic E-state index is 11.7. The van der Waals surface area contributed by atoms with E-state index in [4.69, 9.17) is 4.74 Å². The van der Waals surface area contributed by atoms with E-state index in [1.807, 2.05) is 5.38 Å². The van der Waals surface area contributed by atoms with Gasteiger partial charge in [0.1, 0.15) is 5.60 Å². The molecule has 2 unspecified atom stereocenters. The fraction of sp³-hybridized carbons (Fsp3) is 0.700. The fourth-order valence-electron chi connectivity index (χ4n) is 2.69. The number of nitrogens with one attached hydrogen (secondary N) is 1. The van der Waals surface area contributed by atoms with Gasteiger partial charge in [0.05, 0.1) is 24.2 Å². The molecule has 2 fully saturated rings. The van der Waals surface area contributed by atoms with Crippen molar-refractivity contribution in [3.8, 4) is 0 Å². The van der Waals surface area contributed by atoms with Crippen molar-refractivity contribution in [2.45, 2.75) is 18.1 Å². The smallest absolute Gasteiger partial charge is 0.153 e. The molecule has 3 heterocycles. The van der Waals surface area contributed by atoms with Crippen LogP contribution in [0, 0.1) is 0 Å².